The van der Waals surface area contributed by atoms with E-state index in [2.05, 4.69) is 16.0 Å². The van der Waals surface area contributed by atoms with Crippen LogP contribution in [0.3, 0.4) is 0 Å². The third-order valence-corrected chi connectivity index (χ3v) is 7.51. The Morgan fingerprint density at radius 1 is 0.638 bits per heavy atom. The molecule has 276 valence electrons. The number of hydrogen-bond acceptors (Lipinski definition) is 10. The normalized spacial score (nSPS) is 14.3. The predicted octanol–water partition coefficient (Wildman–Crippen LogP) is 3.15. The van der Waals surface area contributed by atoms with Crippen LogP contribution < -0.4 is 21.7 Å². The van der Waals surface area contributed by atoms with E-state index in [-0.39, 0.29) is 38.1 Å². The molecule has 0 saturated carbocycles. The Bertz CT molecular complexity index is 991. The average molecular weight is 675 g/mol. The lowest BCUT2D eigenvalue weighted by Crippen LogP contribution is -2.52. The van der Waals surface area contributed by atoms with Gasteiger partial charge in [-0.2, -0.15) is 0 Å². The Hall–Kier alpha value is -2.32. The molecule has 0 rings (SSSR count). The number of methoxy groups -OCH3 is 2. The number of rotatable bonds is 23. The Balaban J connectivity index is 5.25. The van der Waals surface area contributed by atoms with Gasteiger partial charge in [0.2, 0.25) is 17.7 Å². The summed E-state index contributed by atoms with van der Waals surface area (Å²) in [5.74, 6) is -1.79. The van der Waals surface area contributed by atoms with Crippen molar-refractivity contribution in [2.75, 3.05) is 40.5 Å². The summed E-state index contributed by atoms with van der Waals surface area (Å²) in [7, 11) is 3.25. The molecule has 5 N–H and O–H groups in total. The molecule has 47 heavy (non-hydrogen) atoms. The largest absolute Gasteiger partial charge is 0.460 e. The number of carbonyl (C=O) groups is 4. The van der Waals surface area contributed by atoms with Crippen LogP contribution in [0.1, 0.15) is 115 Å². The van der Waals surface area contributed by atoms with Gasteiger partial charge in [0.05, 0.1) is 41.7 Å². The third-order valence-electron chi connectivity index (χ3n) is 7.51. The molecule has 0 radical (unpaired) electrons. The number of ether oxygens (including phenoxy) is 5. The maximum atomic E-state index is 13.2. The molecule has 0 aliphatic heterocycles. The summed E-state index contributed by atoms with van der Waals surface area (Å²) in [6.45, 7) is 22.1. The van der Waals surface area contributed by atoms with Crippen LogP contribution in [0, 0.1) is 0 Å². The lowest BCUT2D eigenvalue weighted by molar-refractivity contribution is -0.155. The van der Waals surface area contributed by atoms with Crippen LogP contribution in [0.2, 0.25) is 0 Å². The Kier molecular flexibility index (Phi) is 18.7. The van der Waals surface area contributed by atoms with E-state index in [1.165, 1.54) is 0 Å². The average Bonchev–Trinajstić information content (AvgIpc) is 2.95. The minimum Gasteiger partial charge on any atom is -0.460 e. The molecular formula is C34H66N4O9. The molecule has 13 nitrogen and oxygen atoms in total. The van der Waals surface area contributed by atoms with Crippen molar-refractivity contribution in [1.82, 2.24) is 16.0 Å². The first kappa shape index (κ1) is 44.7. The van der Waals surface area contributed by atoms with Crippen LogP contribution in [-0.4, -0.2) is 104 Å². The quantitative estimate of drug-likeness (QED) is 0.118. The van der Waals surface area contributed by atoms with Gasteiger partial charge in [0.1, 0.15) is 11.6 Å². The summed E-state index contributed by atoms with van der Waals surface area (Å²) in [5.41, 5.74) is 3.47. The monoisotopic (exact) mass is 674 g/mol. The summed E-state index contributed by atoms with van der Waals surface area (Å²) in [6, 6.07) is -2.07. The van der Waals surface area contributed by atoms with E-state index in [1.54, 1.807) is 35.0 Å². The summed E-state index contributed by atoms with van der Waals surface area (Å²) >= 11 is 0. The van der Waals surface area contributed by atoms with Crippen molar-refractivity contribution >= 4 is 23.7 Å². The van der Waals surface area contributed by atoms with E-state index >= 15 is 0 Å². The number of carbonyl (C=O) groups excluding carboxylic acids is 4. The van der Waals surface area contributed by atoms with Crippen LogP contribution in [0.15, 0.2) is 0 Å². The molecule has 0 aliphatic carbocycles. The first-order chi connectivity index (χ1) is 21.3. The SMILES string of the molecule is COC(C)(C)COC(C)(C)CCNC(=O)CC[C@H](NC(=O)[C@@H](N)CCC(=O)OC(C)(C)C)C(=O)NCCC(C)(C)OCC(C)(C)OC. The number of nitrogens with two attached hydrogens (primary N) is 1. The van der Waals surface area contributed by atoms with Crippen molar-refractivity contribution in [3.8, 4) is 0 Å². The van der Waals surface area contributed by atoms with Crippen molar-refractivity contribution in [1.29, 1.82) is 0 Å². The van der Waals surface area contributed by atoms with Crippen molar-refractivity contribution in [2.45, 2.75) is 155 Å². The summed E-state index contributed by atoms with van der Waals surface area (Å²) in [6.07, 6.45) is 1.08. The van der Waals surface area contributed by atoms with E-state index in [9.17, 15) is 19.2 Å². The Morgan fingerprint density at radius 2 is 1.11 bits per heavy atom. The van der Waals surface area contributed by atoms with Gasteiger partial charge in [-0.25, -0.2) is 0 Å². The fourth-order valence-electron chi connectivity index (χ4n) is 3.82. The second kappa shape index (κ2) is 19.6. The lowest BCUT2D eigenvalue weighted by atomic mass is 10.0. The minimum atomic E-state index is -1.05. The highest BCUT2D eigenvalue weighted by Crippen LogP contribution is 2.20. The Labute approximate surface area is 283 Å². The van der Waals surface area contributed by atoms with Crippen molar-refractivity contribution in [2.24, 2.45) is 5.73 Å². The van der Waals surface area contributed by atoms with Crippen LogP contribution in [0.4, 0.5) is 0 Å². The van der Waals surface area contributed by atoms with E-state index in [1.807, 2.05) is 55.4 Å². The van der Waals surface area contributed by atoms with Crippen molar-refractivity contribution < 1.29 is 42.9 Å². The molecule has 0 spiro atoms. The topological polar surface area (TPSA) is 177 Å². The molecule has 0 heterocycles. The lowest BCUT2D eigenvalue weighted by Gasteiger charge is -2.31. The van der Waals surface area contributed by atoms with Crippen LogP contribution >= 0.6 is 0 Å². The molecule has 0 aromatic heterocycles. The zero-order chi connectivity index (χ0) is 36.7. The van der Waals surface area contributed by atoms with Crippen LogP contribution in [0.25, 0.3) is 0 Å². The number of amides is 3. The number of nitrogens with one attached hydrogen (secondary N) is 3. The zero-order valence-corrected chi connectivity index (χ0v) is 31.5. The van der Waals surface area contributed by atoms with E-state index in [0.717, 1.165) is 0 Å². The van der Waals surface area contributed by atoms with Gasteiger partial charge < -0.3 is 45.4 Å². The van der Waals surface area contributed by atoms with Gasteiger partial charge in [0.25, 0.3) is 0 Å². The minimum absolute atomic E-state index is 0.00971. The molecule has 0 aliphatic rings. The van der Waals surface area contributed by atoms with Gasteiger partial charge >= 0.3 is 5.97 Å². The van der Waals surface area contributed by atoms with Gasteiger partial charge in [-0.3, -0.25) is 19.2 Å². The number of hydrogen-bond donors (Lipinski definition) is 4. The molecule has 3 amide bonds. The van der Waals surface area contributed by atoms with Gasteiger partial charge in [0, 0.05) is 40.2 Å². The van der Waals surface area contributed by atoms with Gasteiger partial charge in [-0.15, -0.1) is 0 Å². The van der Waals surface area contributed by atoms with Gasteiger partial charge in [-0.05, 0) is 102 Å². The Morgan fingerprint density at radius 3 is 1.55 bits per heavy atom. The summed E-state index contributed by atoms with van der Waals surface area (Å²) in [4.78, 5) is 51.0. The molecule has 13 heteroatoms. The molecule has 2 atom stereocenters. The maximum Gasteiger partial charge on any atom is 0.306 e. The fraction of sp³-hybridized carbons (Fsp3) is 0.882. The summed E-state index contributed by atoms with van der Waals surface area (Å²) < 4.78 is 28.1. The molecule has 0 aromatic rings. The standard InChI is InChI=1S/C34H66N4O9/c1-30(2,3)47-27(40)17-14-24(35)28(41)38-25(29(42)37-21-19-32(6,7)46-23-34(10,11)44-13)15-16-26(39)36-20-18-31(4,5)45-22-33(8,9)43-12/h24-25H,14-23,35H2,1-13H3,(H,36,39)(H,37,42)(H,38,41)/t24-,25-/m0/s1. The molecule has 0 bridgehead atoms. The molecule has 0 fully saturated rings. The second-order valence-corrected chi connectivity index (χ2v) is 15.5. The highest BCUT2D eigenvalue weighted by atomic mass is 16.6. The van der Waals surface area contributed by atoms with Gasteiger partial charge in [-0.1, -0.05) is 0 Å². The second-order valence-electron chi connectivity index (χ2n) is 15.5. The highest BCUT2D eigenvalue weighted by molar-refractivity contribution is 5.90. The smallest absolute Gasteiger partial charge is 0.306 e. The van der Waals surface area contributed by atoms with E-state index in [4.69, 9.17) is 29.4 Å². The highest BCUT2D eigenvalue weighted by Gasteiger charge is 2.29. The molecular weight excluding hydrogens is 608 g/mol. The van der Waals surface area contributed by atoms with E-state index in [0.29, 0.717) is 32.6 Å². The van der Waals surface area contributed by atoms with Gasteiger partial charge in [0.15, 0.2) is 0 Å². The molecule has 0 aromatic carbocycles. The molecule has 0 saturated heterocycles. The van der Waals surface area contributed by atoms with E-state index < -0.39 is 57.9 Å². The maximum absolute atomic E-state index is 13.2. The first-order valence-electron chi connectivity index (χ1n) is 16.5. The van der Waals surface area contributed by atoms with Crippen molar-refractivity contribution in [3.63, 3.8) is 0 Å². The van der Waals surface area contributed by atoms with Crippen LogP contribution in [-0.2, 0) is 42.9 Å². The number of esters is 1. The summed E-state index contributed by atoms with van der Waals surface area (Å²) in [5, 5.41) is 8.39. The predicted molar refractivity (Wildman–Crippen MR) is 182 cm³/mol. The third kappa shape index (κ3) is 22.0. The zero-order valence-electron chi connectivity index (χ0n) is 31.5. The van der Waals surface area contributed by atoms with Crippen LogP contribution in [0.5, 0.6) is 0 Å². The molecule has 0 unspecified atom stereocenters. The van der Waals surface area contributed by atoms with Crippen molar-refractivity contribution in [3.05, 3.63) is 0 Å². The first-order valence-corrected chi connectivity index (χ1v) is 16.5. The fourth-order valence-corrected chi connectivity index (χ4v) is 3.82.